The van der Waals surface area contributed by atoms with Gasteiger partial charge < -0.3 is 10.5 Å². The van der Waals surface area contributed by atoms with Crippen molar-refractivity contribution < 1.29 is 4.74 Å². The summed E-state index contributed by atoms with van der Waals surface area (Å²) in [5.41, 5.74) is 7.52. The predicted octanol–water partition coefficient (Wildman–Crippen LogP) is 0.587. The van der Waals surface area contributed by atoms with Crippen LogP contribution < -0.4 is 10.5 Å². The zero-order valence-electron chi connectivity index (χ0n) is 12.1. The lowest BCUT2D eigenvalue weighted by Crippen LogP contribution is -2.21. The number of hydrogen-bond acceptors (Lipinski definition) is 6. The Balaban J connectivity index is 1.64. The molecule has 1 fully saturated rings. The maximum Gasteiger partial charge on any atom is 0.126 e. The van der Waals surface area contributed by atoms with Gasteiger partial charge in [0, 0.05) is 44.1 Å². The highest BCUT2D eigenvalue weighted by Crippen LogP contribution is 2.25. The quantitative estimate of drug-likeness (QED) is 0.867. The van der Waals surface area contributed by atoms with E-state index in [1.807, 2.05) is 23.1 Å². The minimum Gasteiger partial charge on any atom is -0.496 e. The van der Waals surface area contributed by atoms with Crippen LogP contribution in [-0.2, 0) is 13.1 Å². The number of rotatable bonds is 5. The van der Waals surface area contributed by atoms with Crippen molar-refractivity contribution in [3.63, 3.8) is 0 Å². The second-order valence-corrected chi connectivity index (χ2v) is 5.26. The number of ether oxygens (including phenoxy) is 1. The van der Waals surface area contributed by atoms with Crippen LogP contribution in [0.5, 0.6) is 5.75 Å². The standard InChI is InChI=1S/C14H20N6O/c1-21-14-2-4-16-7-11(14)8-19-5-3-13(10-19)20-9-12(6-15)17-18-20/h2,4,7,9,13H,3,5-6,8,10,15H2,1H3. The molecule has 0 radical (unpaired) electrons. The molecule has 3 rings (SSSR count). The zero-order valence-corrected chi connectivity index (χ0v) is 12.1. The number of nitrogens with zero attached hydrogens (tertiary/aromatic N) is 5. The van der Waals surface area contributed by atoms with Gasteiger partial charge in [0.25, 0.3) is 0 Å². The van der Waals surface area contributed by atoms with Gasteiger partial charge in [0.05, 0.1) is 25.0 Å². The monoisotopic (exact) mass is 288 g/mol. The van der Waals surface area contributed by atoms with Crippen LogP contribution in [-0.4, -0.2) is 45.1 Å². The second-order valence-electron chi connectivity index (χ2n) is 5.26. The third-order valence-electron chi connectivity index (χ3n) is 3.86. The van der Waals surface area contributed by atoms with E-state index in [1.54, 1.807) is 13.3 Å². The number of aromatic nitrogens is 4. The molecule has 0 aliphatic carbocycles. The van der Waals surface area contributed by atoms with Crippen LogP contribution in [0.1, 0.15) is 23.7 Å². The van der Waals surface area contributed by atoms with E-state index < -0.39 is 0 Å². The lowest BCUT2D eigenvalue weighted by Gasteiger charge is -2.17. The van der Waals surface area contributed by atoms with Crippen LogP contribution in [0.2, 0.25) is 0 Å². The van der Waals surface area contributed by atoms with Gasteiger partial charge in [-0.3, -0.25) is 9.88 Å². The van der Waals surface area contributed by atoms with Crippen molar-refractivity contribution in [2.75, 3.05) is 20.2 Å². The first kappa shape index (κ1) is 14.0. The minimum atomic E-state index is 0.362. The SMILES string of the molecule is COc1ccncc1CN1CCC(n2cc(CN)nn2)C1. The number of pyridine rings is 1. The van der Waals surface area contributed by atoms with Gasteiger partial charge in [-0.2, -0.15) is 0 Å². The van der Waals surface area contributed by atoms with E-state index in [2.05, 4.69) is 20.2 Å². The second kappa shape index (κ2) is 6.19. The molecule has 0 bridgehead atoms. The largest absolute Gasteiger partial charge is 0.496 e. The fraction of sp³-hybridized carbons (Fsp3) is 0.500. The Morgan fingerprint density at radius 2 is 2.38 bits per heavy atom. The Bertz CT molecular complexity index is 599. The molecule has 7 nitrogen and oxygen atoms in total. The number of methoxy groups -OCH3 is 1. The van der Waals surface area contributed by atoms with E-state index in [0.29, 0.717) is 12.6 Å². The first-order valence-electron chi connectivity index (χ1n) is 7.10. The summed E-state index contributed by atoms with van der Waals surface area (Å²) < 4.78 is 7.31. The molecule has 21 heavy (non-hydrogen) atoms. The predicted molar refractivity (Wildman–Crippen MR) is 77.6 cm³/mol. The summed E-state index contributed by atoms with van der Waals surface area (Å²) in [6.45, 7) is 3.25. The summed E-state index contributed by atoms with van der Waals surface area (Å²) in [6, 6.07) is 2.26. The fourth-order valence-corrected chi connectivity index (χ4v) is 2.73. The van der Waals surface area contributed by atoms with E-state index in [9.17, 15) is 0 Å². The van der Waals surface area contributed by atoms with Crippen LogP contribution in [0.15, 0.2) is 24.7 Å². The molecule has 1 unspecified atom stereocenters. The molecule has 112 valence electrons. The van der Waals surface area contributed by atoms with Gasteiger partial charge in [-0.05, 0) is 12.5 Å². The minimum absolute atomic E-state index is 0.362. The fourth-order valence-electron chi connectivity index (χ4n) is 2.73. The number of hydrogen-bond donors (Lipinski definition) is 1. The zero-order chi connectivity index (χ0) is 14.7. The Labute approximate surface area is 123 Å². The Kier molecular flexibility index (Phi) is 4.12. The smallest absolute Gasteiger partial charge is 0.126 e. The van der Waals surface area contributed by atoms with Crippen molar-refractivity contribution in [2.45, 2.75) is 25.6 Å². The van der Waals surface area contributed by atoms with Gasteiger partial charge in [0.15, 0.2) is 0 Å². The molecule has 2 aromatic heterocycles. The van der Waals surface area contributed by atoms with Crippen LogP contribution in [0.25, 0.3) is 0 Å². The first-order chi connectivity index (χ1) is 10.3. The Morgan fingerprint density at radius 1 is 1.48 bits per heavy atom. The lowest BCUT2D eigenvalue weighted by molar-refractivity contribution is 0.302. The van der Waals surface area contributed by atoms with E-state index >= 15 is 0 Å². The van der Waals surface area contributed by atoms with E-state index in [-0.39, 0.29) is 0 Å². The van der Waals surface area contributed by atoms with E-state index in [0.717, 1.165) is 43.1 Å². The lowest BCUT2D eigenvalue weighted by atomic mass is 10.2. The topological polar surface area (TPSA) is 82.1 Å². The molecule has 0 saturated carbocycles. The highest BCUT2D eigenvalue weighted by molar-refractivity contribution is 5.29. The van der Waals surface area contributed by atoms with Gasteiger partial charge in [-0.15, -0.1) is 5.10 Å². The summed E-state index contributed by atoms with van der Waals surface area (Å²) in [5, 5.41) is 8.22. The molecule has 7 heteroatoms. The molecule has 1 atom stereocenters. The van der Waals surface area contributed by atoms with Crippen molar-refractivity contribution in [3.05, 3.63) is 35.9 Å². The summed E-state index contributed by atoms with van der Waals surface area (Å²) in [4.78, 5) is 6.56. The van der Waals surface area contributed by atoms with Gasteiger partial charge >= 0.3 is 0 Å². The van der Waals surface area contributed by atoms with Crippen LogP contribution in [0.3, 0.4) is 0 Å². The molecule has 0 spiro atoms. The normalized spacial score (nSPS) is 19.0. The number of likely N-dealkylation sites (tertiary alicyclic amines) is 1. The van der Waals surface area contributed by atoms with Crippen molar-refractivity contribution in [1.29, 1.82) is 0 Å². The van der Waals surface area contributed by atoms with Gasteiger partial charge in [0.2, 0.25) is 0 Å². The molecule has 1 saturated heterocycles. The molecule has 2 N–H and O–H groups in total. The molecular weight excluding hydrogens is 268 g/mol. The third-order valence-corrected chi connectivity index (χ3v) is 3.86. The average Bonchev–Trinajstić information content (AvgIpc) is 3.16. The maximum absolute atomic E-state index is 5.58. The highest BCUT2D eigenvalue weighted by Gasteiger charge is 2.25. The Morgan fingerprint density at radius 3 is 3.14 bits per heavy atom. The third kappa shape index (κ3) is 3.03. The average molecular weight is 288 g/mol. The van der Waals surface area contributed by atoms with Gasteiger partial charge in [-0.25, -0.2) is 4.68 Å². The summed E-state index contributed by atoms with van der Waals surface area (Å²) in [5.74, 6) is 0.889. The molecule has 1 aliphatic rings. The Hall–Kier alpha value is -1.99. The van der Waals surface area contributed by atoms with Crippen molar-refractivity contribution in [3.8, 4) is 5.75 Å². The first-order valence-corrected chi connectivity index (χ1v) is 7.10. The summed E-state index contributed by atoms with van der Waals surface area (Å²) in [7, 11) is 1.69. The van der Waals surface area contributed by atoms with Crippen molar-refractivity contribution >= 4 is 0 Å². The van der Waals surface area contributed by atoms with E-state index in [4.69, 9.17) is 10.5 Å². The van der Waals surface area contributed by atoms with Crippen molar-refractivity contribution in [1.82, 2.24) is 24.9 Å². The summed E-state index contributed by atoms with van der Waals surface area (Å²) in [6.07, 6.45) is 6.63. The highest BCUT2D eigenvalue weighted by atomic mass is 16.5. The molecule has 0 aromatic carbocycles. The summed E-state index contributed by atoms with van der Waals surface area (Å²) >= 11 is 0. The molecule has 0 amide bonds. The van der Waals surface area contributed by atoms with Crippen molar-refractivity contribution in [2.24, 2.45) is 5.73 Å². The van der Waals surface area contributed by atoms with Crippen LogP contribution >= 0.6 is 0 Å². The van der Waals surface area contributed by atoms with Crippen LogP contribution in [0, 0.1) is 0 Å². The molecular formula is C14H20N6O. The molecule has 2 aromatic rings. The molecule has 1 aliphatic heterocycles. The maximum atomic E-state index is 5.58. The molecule has 3 heterocycles. The van der Waals surface area contributed by atoms with Crippen LogP contribution in [0.4, 0.5) is 0 Å². The van der Waals surface area contributed by atoms with Gasteiger partial charge in [-0.1, -0.05) is 5.21 Å². The van der Waals surface area contributed by atoms with E-state index in [1.165, 1.54) is 0 Å². The number of nitrogens with two attached hydrogens (primary N) is 1. The van der Waals surface area contributed by atoms with Gasteiger partial charge in [0.1, 0.15) is 5.75 Å².